The van der Waals surface area contributed by atoms with Crippen LogP contribution in [0.5, 0.6) is 11.5 Å². The van der Waals surface area contributed by atoms with Crippen molar-refractivity contribution in [1.29, 1.82) is 0 Å². The first-order chi connectivity index (χ1) is 9.46. The van der Waals surface area contributed by atoms with Crippen LogP contribution in [0.25, 0.3) is 0 Å². The van der Waals surface area contributed by atoms with Gasteiger partial charge < -0.3 is 9.47 Å². The second-order valence-electron chi connectivity index (χ2n) is 3.69. The van der Waals surface area contributed by atoms with Crippen LogP contribution in [0.3, 0.4) is 0 Å². The summed E-state index contributed by atoms with van der Waals surface area (Å²) in [6.07, 6.45) is -5.22. The van der Waals surface area contributed by atoms with Crippen molar-refractivity contribution < 1.29 is 39.8 Å². The van der Waals surface area contributed by atoms with E-state index in [-0.39, 0.29) is 5.75 Å². The van der Waals surface area contributed by atoms with Gasteiger partial charge in [0.15, 0.2) is 16.7 Å². The predicted octanol–water partition coefficient (Wildman–Crippen LogP) is 3.47. The Balaban J connectivity index is 3.41. The number of rotatable bonds is 5. The zero-order chi connectivity index (χ0) is 16.4. The third-order valence-electron chi connectivity index (χ3n) is 2.29. The van der Waals surface area contributed by atoms with Gasteiger partial charge in [-0.15, -0.1) is 0 Å². The van der Waals surface area contributed by atoms with Gasteiger partial charge in [-0.25, -0.2) is 8.42 Å². The molecule has 0 aliphatic rings. The Hall–Kier alpha value is -1.29. The van der Waals surface area contributed by atoms with Crippen molar-refractivity contribution >= 4 is 19.7 Å². The van der Waals surface area contributed by atoms with Crippen LogP contribution in [0.4, 0.5) is 22.0 Å². The first kappa shape index (κ1) is 17.8. The predicted molar refractivity (Wildman–Crippen MR) is 63.2 cm³/mol. The molecule has 0 saturated carbocycles. The van der Waals surface area contributed by atoms with Crippen molar-refractivity contribution in [3.8, 4) is 11.5 Å². The number of hydrogen-bond donors (Lipinski definition) is 0. The van der Waals surface area contributed by atoms with Crippen LogP contribution in [0.2, 0.25) is 0 Å². The molecule has 0 aromatic heterocycles. The highest BCUT2D eigenvalue weighted by molar-refractivity contribution is 8.14. The summed E-state index contributed by atoms with van der Waals surface area (Å²) in [6.45, 7) is -3.33. The van der Waals surface area contributed by atoms with E-state index < -0.39 is 38.4 Å². The SMILES string of the molecule is COc1ccc(C(C(F)(F)F)S(=O)(=O)Cl)cc1OC(F)F. The highest BCUT2D eigenvalue weighted by Crippen LogP contribution is 2.43. The zero-order valence-electron chi connectivity index (χ0n) is 10.2. The number of alkyl halides is 5. The topological polar surface area (TPSA) is 52.6 Å². The normalized spacial score (nSPS) is 14.1. The van der Waals surface area contributed by atoms with E-state index in [4.69, 9.17) is 10.7 Å². The maximum Gasteiger partial charge on any atom is 0.410 e. The number of hydrogen-bond acceptors (Lipinski definition) is 4. The number of ether oxygens (including phenoxy) is 2. The van der Waals surface area contributed by atoms with Gasteiger partial charge in [0.05, 0.1) is 7.11 Å². The van der Waals surface area contributed by atoms with Crippen LogP contribution in [0, 0.1) is 0 Å². The summed E-state index contributed by atoms with van der Waals surface area (Å²) in [5.74, 6) is -1.02. The fourth-order valence-electron chi connectivity index (χ4n) is 1.56. The third kappa shape index (κ3) is 4.60. The Morgan fingerprint density at radius 3 is 2.14 bits per heavy atom. The van der Waals surface area contributed by atoms with Crippen LogP contribution >= 0.6 is 10.7 Å². The van der Waals surface area contributed by atoms with Gasteiger partial charge >= 0.3 is 12.8 Å². The molecule has 1 aromatic carbocycles. The minimum atomic E-state index is -5.22. The van der Waals surface area contributed by atoms with Gasteiger partial charge in [0.25, 0.3) is 0 Å². The standard InChI is InChI=1S/C10H8ClF5O4S/c1-19-6-3-2-5(4-7(6)20-9(12)13)8(10(14,15)16)21(11,17)18/h2-4,8-9H,1H3. The summed E-state index contributed by atoms with van der Waals surface area (Å²) in [5.41, 5.74) is -0.867. The first-order valence-electron chi connectivity index (χ1n) is 5.09. The molecule has 0 saturated heterocycles. The Kier molecular flexibility index (Phi) is 5.26. The van der Waals surface area contributed by atoms with Gasteiger partial charge in [-0.3, -0.25) is 0 Å². The highest BCUT2D eigenvalue weighted by Gasteiger charge is 2.49. The van der Waals surface area contributed by atoms with Crippen LogP contribution in [0.1, 0.15) is 10.8 Å². The fourth-order valence-corrected chi connectivity index (χ4v) is 2.96. The second-order valence-corrected chi connectivity index (χ2v) is 6.40. The second kappa shape index (κ2) is 6.22. The summed E-state index contributed by atoms with van der Waals surface area (Å²) >= 11 is 0. The highest BCUT2D eigenvalue weighted by atomic mass is 35.7. The molecular formula is C10H8ClF5O4S. The number of halogens is 6. The Bertz CT molecular complexity index is 602. The van der Waals surface area contributed by atoms with E-state index in [1.165, 1.54) is 0 Å². The molecule has 0 N–H and O–H groups in total. The Labute approximate surface area is 120 Å². The smallest absolute Gasteiger partial charge is 0.410 e. The van der Waals surface area contributed by atoms with E-state index >= 15 is 0 Å². The molecule has 4 nitrogen and oxygen atoms in total. The molecule has 21 heavy (non-hydrogen) atoms. The third-order valence-corrected chi connectivity index (χ3v) is 3.92. The minimum Gasteiger partial charge on any atom is -0.493 e. The molecule has 0 fully saturated rings. The lowest BCUT2D eigenvalue weighted by Crippen LogP contribution is -2.25. The molecule has 11 heteroatoms. The van der Waals surface area contributed by atoms with Crippen LogP contribution < -0.4 is 9.47 Å². The van der Waals surface area contributed by atoms with Gasteiger partial charge in [-0.05, 0) is 17.7 Å². The quantitative estimate of drug-likeness (QED) is 0.600. The maximum atomic E-state index is 12.8. The Morgan fingerprint density at radius 2 is 1.76 bits per heavy atom. The molecule has 0 heterocycles. The van der Waals surface area contributed by atoms with Crippen molar-refractivity contribution in [3.63, 3.8) is 0 Å². The first-order valence-corrected chi connectivity index (χ1v) is 7.47. The van der Waals surface area contributed by atoms with Crippen molar-refractivity contribution in [2.45, 2.75) is 18.0 Å². The fraction of sp³-hybridized carbons (Fsp3) is 0.400. The van der Waals surface area contributed by atoms with Crippen molar-refractivity contribution in [1.82, 2.24) is 0 Å². The molecule has 0 spiro atoms. The molecule has 1 atom stereocenters. The summed E-state index contributed by atoms with van der Waals surface area (Å²) < 4.78 is 93.6. The lowest BCUT2D eigenvalue weighted by atomic mass is 10.1. The molecule has 120 valence electrons. The lowest BCUT2D eigenvalue weighted by Gasteiger charge is -2.19. The summed E-state index contributed by atoms with van der Waals surface area (Å²) in [5, 5.41) is -3.07. The number of methoxy groups -OCH3 is 1. The molecule has 0 radical (unpaired) electrons. The maximum absolute atomic E-state index is 12.8. The monoisotopic (exact) mass is 354 g/mol. The van der Waals surface area contributed by atoms with Crippen molar-refractivity contribution in [2.75, 3.05) is 7.11 Å². The van der Waals surface area contributed by atoms with Crippen molar-refractivity contribution in [3.05, 3.63) is 23.8 Å². The van der Waals surface area contributed by atoms with Gasteiger partial charge in [0.2, 0.25) is 9.05 Å². The largest absolute Gasteiger partial charge is 0.493 e. The van der Waals surface area contributed by atoms with Gasteiger partial charge in [0.1, 0.15) is 0 Å². The van der Waals surface area contributed by atoms with Crippen molar-refractivity contribution in [2.24, 2.45) is 0 Å². The van der Waals surface area contributed by atoms with Gasteiger partial charge in [0, 0.05) is 10.7 Å². The van der Waals surface area contributed by atoms with E-state index in [2.05, 4.69) is 9.47 Å². The average Bonchev–Trinajstić information content (AvgIpc) is 2.24. The average molecular weight is 355 g/mol. The summed E-state index contributed by atoms with van der Waals surface area (Å²) in [6, 6.07) is 2.10. The van der Waals surface area contributed by atoms with E-state index in [1.807, 2.05) is 0 Å². The lowest BCUT2D eigenvalue weighted by molar-refractivity contribution is -0.131. The van der Waals surface area contributed by atoms with E-state index in [1.54, 1.807) is 0 Å². The molecule has 0 amide bonds. The summed E-state index contributed by atoms with van der Waals surface area (Å²) in [4.78, 5) is 0. The molecule has 0 aliphatic heterocycles. The van der Waals surface area contributed by atoms with Gasteiger partial charge in [-0.2, -0.15) is 22.0 Å². The summed E-state index contributed by atoms with van der Waals surface area (Å²) in [7, 11) is 0.781. The van der Waals surface area contributed by atoms with E-state index in [0.717, 1.165) is 19.2 Å². The van der Waals surface area contributed by atoms with Crippen LogP contribution in [-0.4, -0.2) is 28.3 Å². The molecule has 1 unspecified atom stereocenters. The molecule has 0 bridgehead atoms. The van der Waals surface area contributed by atoms with E-state index in [9.17, 15) is 30.4 Å². The molecular weight excluding hydrogens is 347 g/mol. The van der Waals surface area contributed by atoms with E-state index in [0.29, 0.717) is 6.07 Å². The van der Waals surface area contributed by atoms with Gasteiger partial charge in [-0.1, -0.05) is 6.07 Å². The van der Waals surface area contributed by atoms with Crippen LogP contribution in [-0.2, 0) is 9.05 Å². The number of benzene rings is 1. The minimum absolute atomic E-state index is 0.285. The molecule has 1 aromatic rings. The molecule has 0 aliphatic carbocycles. The van der Waals surface area contributed by atoms with Crippen LogP contribution in [0.15, 0.2) is 18.2 Å². The zero-order valence-corrected chi connectivity index (χ0v) is 11.8. The molecule has 1 rings (SSSR count). The Morgan fingerprint density at radius 1 is 1.19 bits per heavy atom.